The lowest BCUT2D eigenvalue weighted by Crippen LogP contribution is -2.37. The molecule has 0 unspecified atom stereocenters. The molecule has 194 valence electrons. The standard InChI is InChI=1S/C29H31N7O2/c1-29(2,3)36-27(32-33-34-36)26(24-16-22-15-23(38-4)12-13-25(22)31-28(24)37)35(18-20-9-6-5-7-10-20)19-21-11-8-14-30-17-21/h5-17,26H,18-19H2,1-4H3,(H,31,37)/t26-/m1/s1. The van der Waals surface area contributed by atoms with E-state index in [1.165, 1.54) is 0 Å². The molecule has 0 radical (unpaired) electrons. The molecule has 9 heteroatoms. The van der Waals surface area contributed by atoms with Crippen molar-refractivity contribution in [2.24, 2.45) is 0 Å². The molecule has 3 heterocycles. The van der Waals surface area contributed by atoms with E-state index in [-0.39, 0.29) is 5.56 Å². The first-order valence-corrected chi connectivity index (χ1v) is 12.5. The first-order valence-electron chi connectivity index (χ1n) is 12.5. The predicted molar refractivity (Wildman–Crippen MR) is 146 cm³/mol. The average molecular weight is 510 g/mol. The topological polar surface area (TPSA) is 102 Å². The highest BCUT2D eigenvalue weighted by Gasteiger charge is 2.33. The first kappa shape index (κ1) is 25.3. The number of ether oxygens (including phenoxy) is 1. The molecular formula is C29H31N7O2. The SMILES string of the molecule is COc1ccc2[nH]c(=O)c([C@H](c3nnnn3C(C)(C)C)N(Cc3ccccc3)Cc3cccnc3)cc2c1. The van der Waals surface area contributed by atoms with Crippen molar-refractivity contribution in [3.63, 3.8) is 0 Å². The summed E-state index contributed by atoms with van der Waals surface area (Å²) in [6, 6.07) is 21.1. The molecular weight excluding hydrogens is 478 g/mol. The van der Waals surface area contributed by atoms with E-state index in [1.807, 2.05) is 81.6 Å². The van der Waals surface area contributed by atoms with Crippen LogP contribution in [-0.4, -0.2) is 42.2 Å². The van der Waals surface area contributed by atoms with Gasteiger partial charge in [0.25, 0.3) is 5.56 Å². The molecule has 0 aliphatic rings. The van der Waals surface area contributed by atoms with Gasteiger partial charge in [0.1, 0.15) is 11.8 Å². The van der Waals surface area contributed by atoms with Crippen LogP contribution in [0.5, 0.6) is 5.75 Å². The fourth-order valence-electron chi connectivity index (χ4n) is 4.66. The summed E-state index contributed by atoms with van der Waals surface area (Å²) < 4.78 is 7.25. The molecule has 2 aromatic carbocycles. The van der Waals surface area contributed by atoms with E-state index in [4.69, 9.17) is 4.74 Å². The summed E-state index contributed by atoms with van der Waals surface area (Å²) in [6.45, 7) is 7.22. The maximum absolute atomic E-state index is 13.7. The lowest BCUT2D eigenvalue weighted by Gasteiger charge is -2.33. The van der Waals surface area contributed by atoms with Gasteiger partial charge in [-0.15, -0.1) is 5.10 Å². The zero-order valence-electron chi connectivity index (χ0n) is 22.0. The summed E-state index contributed by atoms with van der Waals surface area (Å²) >= 11 is 0. The number of hydrogen-bond acceptors (Lipinski definition) is 7. The Morgan fingerprint density at radius 3 is 2.47 bits per heavy atom. The number of benzene rings is 2. The third-order valence-electron chi connectivity index (χ3n) is 6.45. The number of tetrazole rings is 1. The number of hydrogen-bond donors (Lipinski definition) is 1. The molecule has 5 aromatic rings. The third-order valence-corrected chi connectivity index (χ3v) is 6.45. The highest BCUT2D eigenvalue weighted by Crippen LogP contribution is 2.32. The predicted octanol–water partition coefficient (Wildman–Crippen LogP) is 4.47. The minimum Gasteiger partial charge on any atom is -0.497 e. The van der Waals surface area contributed by atoms with Crippen molar-refractivity contribution in [1.29, 1.82) is 0 Å². The van der Waals surface area contributed by atoms with Gasteiger partial charge in [-0.3, -0.25) is 14.7 Å². The Morgan fingerprint density at radius 1 is 1.00 bits per heavy atom. The second kappa shape index (κ2) is 10.5. The van der Waals surface area contributed by atoms with Gasteiger partial charge in [0.2, 0.25) is 0 Å². The zero-order valence-corrected chi connectivity index (χ0v) is 22.0. The number of pyridine rings is 2. The zero-order chi connectivity index (χ0) is 26.7. The summed E-state index contributed by atoms with van der Waals surface area (Å²) in [5.74, 6) is 1.30. The van der Waals surface area contributed by atoms with Crippen LogP contribution in [-0.2, 0) is 18.6 Å². The molecule has 0 saturated carbocycles. The number of H-pyrrole nitrogens is 1. The summed E-state index contributed by atoms with van der Waals surface area (Å²) in [5.41, 5.74) is 2.80. The first-order chi connectivity index (χ1) is 18.3. The van der Waals surface area contributed by atoms with Crippen LogP contribution in [0.1, 0.15) is 49.3 Å². The van der Waals surface area contributed by atoms with Crippen LogP contribution in [0.2, 0.25) is 0 Å². The molecule has 1 atom stereocenters. The normalized spacial score (nSPS) is 12.7. The molecule has 0 amide bonds. The van der Waals surface area contributed by atoms with Gasteiger partial charge in [0.15, 0.2) is 5.82 Å². The quantitative estimate of drug-likeness (QED) is 0.329. The lowest BCUT2D eigenvalue weighted by atomic mass is 10.00. The molecule has 38 heavy (non-hydrogen) atoms. The number of nitrogens with one attached hydrogen (secondary N) is 1. The number of aromatic amines is 1. The van der Waals surface area contributed by atoms with Crippen molar-refractivity contribution in [1.82, 2.24) is 35.1 Å². The molecule has 0 saturated heterocycles. The molecule has 1 N–H and O–H groups in total. The molecule has 0 aliphatic heterocycles. The molecule has 9 nitrogen and oxygen atoms in total. The molecule has 0 aliphatic carbocycles. The van der Waals surface area contributed by atoms with Gasteiger partial charge in [-0.2, -0.15) is 0 Å². The van der Waals surface area contributed by atoms with Crippen molar-refractivity contribution in [2.45, 2.75) is 45.4 Å². The van der Waals surface area contributed by atoms with E-state index in [2.05, 4.69) is 42.5 Å². The molecule has 5 rings (SSSR count). The van der Waals surface area contributed by atoms with E-state index in [0.717, 1.165) is 22.0 Å². The Bertz CT molecular complexity index is 1530. The number of nitrogens with zero attached hydrogens (tertiary/aromatic N) is 6. The van der Waals surface area contributed by atoms with Crippen LogP contribution in [0, 0.1) is 0 Å². The molecule has 0 bridgehead atoms. The van der Waals surface area contributed by atoms with Crippen molar-refractivity contribution in [2.75, 3.05) is 7.11 Å². The van der Waals surface area contributed by atoms with Crippen molar-refractivity contribution in [3.05, 3.63) is 112 Å². The van der Waals surface area contributed by atoms with Crippen LogP contribution in [0.15, 0.2) is 83.9 Å². The fourth-order valence-corrected chi connectivity index (χ4v) is 4.66. The van der Waals surface area contributed by atoms with Crippen molar-refractivity contribution in [3.8, 4) is 5.75 Å². The Balaban J connectivity index is 1.73. The van der Waals surface area contributed by atoms with Crippen molar-refractivity contribution >= 4 is 10.9 Å². The second-order valence-corrected chi connectivity index (χ2v) is 10.3. The minimum atomic E-state index is -0.552. The van der Waals surface area contributed by atoms with Crippen LogP contribution < -0.4 is 10.3 Å². The van der Waals surface area contributed by atoms with Gasteiger partial charge in [-0.1, -0.05) is 36.4 Å². The molecule has 0 fully saturated rings. The van der Waals surface area contributed by atoms with E-state index < -0.39 is 11.6 Å². The summed E-state index contributed by atoms with van der Waals surface area (Å²) in [4.78, 5) is 23.3. The number of aromatic nitrogens is 6. The maximum Gasteiger partial charge on any atom is 0.253 e. The highest BCUT2D eigenvalue weighted by atomic mass is 16.5. The fraction of sp³-hybridized carbons (Fsp3) is 0.276. The van der Waals surface area contributed by atoms with Gasteiger partial charge in [-0.25, -0.2) is 4.68 Å². The Hall–Kier alpha value is -4.37. The molecule has 0 spiro atoms. The average Bonchev–Trinajstić information content (AvgIpc) is 3.40. The number of fused-ring (bicyclic) bond motifs is 1. The second-order valence-electron chi connectivity index (χ2n) is 10.3. The van der Waals surface area contributed by atoms with E-state index in [0.29, 0.717) is 30.2 Å². The van der Waals surface area contributed by atoms with E-state index in [9.17, 15) is 4.79 Å². The summed E-state index contributed by atoms with van der Waals surface area (Å²) in [7, 11) is 1.63. The van der Waals surface area contributed by atoms with Crippen LogP contribution in [0.25, 0.3) is 10.9 Å². The summed E-state index contributed by atoms with van der Waals surface area (Å²) in [5, 5.41) is 13.7. The number of rotatable bonds is 8. The maximum atomic E-state index is 13.7. The van der Waals surface area contributed by atoms with E-state index >= 15 is 0 Å². The van der Waals surface area contributed by atoms with Gasteiger partial charge in [-0.05, 0) is 72.7 Å². The lowest BCUT2D eigenvalue weighted by molar-refractivity contribution is 0.184. The molecule has 3 aromatic heterocycles. The van der Waals surface area contributed by atoms with Crippen molar-refractivity contribution < 1.29 is 4.74 Å². The van der Waals surface area contributed by atoms with Gasteiger partial charge >= 0.3 is 0 Å². The van der Waals surface area contributed by atoms with Gasteiger partial charge in [0, 0.05) is 41.9 Å². The van der Waals surface area contributed by atoms with Gasteiger partial charge < -0.3 is 9.72 Å². The Kier molecular flexibility index (Phi) is 7.02. The van der Waals surface area contributed by atoms with Crippen LogP contribution >= 0.6 is 0 Å². The number of methoxy groups -OCH3 is 1. The van der Waals surface area contributed by atoms with Crippen LogP contribution in [0.3, 0.4) is 0 Å². The monoisotopic (exact) mass is 509 g/mol. The minimum absolute atomic E-state index is 0.194. The van der Waals surface area contributed by atoms with Crippen LogP contribution in [0.4, 0.5) is 0 Å². The highest BCUT2D eigenvalue weighted by molar-refractivity contribution is 5.80. The third kappa shape index (κ3) is 5.33. The van der Waals surface area contributed by atoms with E-state index in [1.54, 1.807) is 18.0 Å². The smallest absolute Gasteiger partial charge is 0.253 e. The Morgan fingerprint density at radius 2 is 1.76 bits per heavy atom. The summed E-state index contributed by atoms with van der Waals surface area (Å²) in [6.07, 6.45) is 3.60. The van der Waals surface area contributed by atoms with Gasteiger partial charge in [0.05, 0.1) is 12.6 Å². The largest absolute Gasteiger partial charge is 0.497 e. The Labute approximate surface area is 221 Å².